The van der Waals surface area contributed by atoms with E-state index in [1.165, 1.54) is 4.57 Å². The second kappa shape index (κ2) is 4.71. The number of rotatable bonds is 2. The van der Waals surface area contributed by atoms with Crippen LogP contribution in [0.25, 0.3) is 11.3 Å². The summed E-state index contributed by atoms with van der Waals surface area (Å²) >= 11 is 0. The fourth-order valence-corrected chi connectivity index (χ4v) is 3.92. The standard InChI is InChI=1S/C19H15N3O2/c23-18-20(14-9-5-2-6-10-14)19(24)22-17-12-15(21(18)22)11-16(17)13-7-3-1-4-8-13/h1-11,15,17H,12H2/t15-,17-/m0/s1. The summed E-state index contributed by atoms with van der Waals surface area (Å²) in [6, 6.07) is 19.0. The van der Waals surface area contributed by atoms with Gasteiger partial charge in [-0.2, -0.15) is 0 Å². The number of benzene rings is 2. The molecule has 0 saturated heterocycles. The van der Waals surface area contributed by atoms with Crippen LogP contribution in [0.1, 0.15) is 24.1 Å². The van der Waals surface area contributed by atoms with Gasteiger partial charge < -0.3 is 0 Å². The number of fused-ring (bicyclic) bond motifs is 5. The molecule has 118 valence electrons. The van der Waals surface area contributed by atoms with E-state index < -0.39 is 0 Å². The van der Waals surface area contributed by atoms with E-state index in [1.807, 2.05) is 48.5 Å². The highest BCUT2D eigenvalue weighted by molar-refractivity contribution is 5.72. The second-order valence-electron chi connectivity index (χ2n) is 6.23. The first kappa shape index (κ1) is 13.4. The maximum Gasteiger partial charge on any atom is 0.352 e. The zero-order valence-electron chi connectivity index (χ0n) is 12.9. The van der Waals surface area contributed by atoms with E-state index in [1.54, 1.807) is 21.5 Å². The van der Waals surface area contributed by atoms with Crippen molar-refractivity contribution >= 4 is 5.57 Å². The SMILES string of the molecule is O=c1n(-c2ccccc2)c(=O)n2n1[C@H]1C=C(c3ccccc3)[C@@H]2C1. The summed E-state index contributed by atoms with van der Waals surface area (Å²) in [5.41, 5.74) is 2.33. The molecule has 5 heteroatoms. The lowest BCUT2D eigenvalue weighted by Crippen LogP contribution is -2.29. The highest BCUT2D eigenvalue weighted by Crippen LogP contribution is 2.46. The van der Waals surface area contributed by atoms with Crippen molar-refractivity contribution in [3.8, 4) is 5.69 Å². The minimum Gasteiger partial charge on any atom is -0.245 e. The molecule has 0 N–H and O–H groups in total. The Morgan fingerprint density at radius 3 is 2.12 bits per heavy atom. The van der Waals surface area contributed by atoms with Gasteiger partial charge in [0.2, 0.25) is 0 Å². The topological polar surface area (TPSA) is 48.9 Å². The van der Waals surface area contributed by atoms with Gasteiger partial charge in [0.25, 0.3) is 0 Å². The van der Waals surface area contributed by atoms with Crippen LogP contribution < -0.4 is 11.4 Å². The van der Waals surface area contributed by atoms with Gasteiger partial charge in [0.1, 0.15) is 0 Å². The average molecular weight is 317 g/mol. The fraction of sp³-hybridized carbons (Fsp3) is 0.158. The highest BCUT2D eigenvalue weighted by atomic mass is 16.2. The van der Waals surface area contributed by atoms with Gasteiger partial charge in [-0.05, 0) is 23.3 Å². The predicted octanol–water partition coefficient (Wildman–Crippen LogP) is 2.38. The molecule has 0 unspecified atom stereocenters. The Kier molecular flexibility index (Phi) is 2.62. The van der Waals surface area contributed by atoms with Gasteiger partial charge in [-0.3, -0.25) is 0 Å². The van der Waals surface area contributed by atoms with Gasteiger partial charge in [-0.15, -0.1) is 0 Å². The third-order valence-corrected chi connectivity index (χ3v) is 4.93. The third-order valence-electron chi connectivity index (χ3n) is 4.93. The number of hydrogen-bond acceptors (Lipinski definition) is 2. The Bertz CT molecular complexity index is 1070. The number of nitrogens with zero attached hydrogens (tertiary/aromatic N) is 3. The van der Waals surface area contributed by atoms with Crippen LogP contribution >= 0.6 is 0 Å². The highest BCUT2D eigenvalue weighted by Gasteiger charge is 2.42. The van der Waals surface area contributed by atoms with E-state index in [4.69, 9.17) is 0 Å². The van der Waals surface area contributed by atoms with Crippen LogP contribution in [-0.2, 0) is 0 Å². The summed E-state index contributed by atoms with van der Waals surface area (Å²) in [7, 11) is 0. The van der Waals surface area contributed by atoms with Crippen molar-refractivity contribution in [2.24, 2.45) is 0 Å². The molecule has 0 saturated carbocycles. The average Bonchev–Trinajstić information content (AvgIpc) is 3.28. The Balaban J connectivity index is 1.69. The fourth-order valence-electron chi connectivity index (χ4n) is 3.92. The number of para-hydroxylation sites is 1. The Labute approximate surface area is 137 Å². The van der Waals surface area contributed by atoms with E-state index in [2.05, 4.69) is 6.08 Å². The van der Waals surface area contributed by atoms with Crippen LogP contribution in [0.2, 0.25) is 0 Å². The molecular formula is C19H15N3O2. The van der Waals surface area contributed by atoms with E-state index in [-0.39, 0.29) is 23.5 Å². The molecule has 0 amide bonds. The predicted molar refractivity (Wildman–Crippen MR) is 91.4 cm³/mol. The van der Waals surface area contributed by atoms with Gasteiger partial charge in [-0.25, -0.2) is 23.5 Å². The van der Waals surface area contributed by atoms with Crippen LogP contribution in [0.3, 0.4) is 0 Å². The summed E-state index contributed by atoms with van der Waals surface area (Å²) in [5.74, 6) is 0. The largest absolute Gasteiger partial charge is 0.352 e. The van der Waals surface area contributed by atoms with Crippen LogP contribution in [0, 0.1) is 0 Å². The smallest absolute Gasteiger partial charge is 0.245 e. The minimum absolute atomic E-state index is 0.0460. The third kappa shape index (κ3) is 1.64. The Hall–Kier alpha value is -3.08. The molecule has 2 bridgehead atoms. The first-order valence-corrected chi connectivity index (χ1v) is 8.04. The van der Waals surface area contributed by atoms with Crippen molar-refractivity contribution in [3.05, 3.63) is 93.3 Å². The normalized spacial score (nSPS) is 20.9. The van der Waals surface area contributed by atoms with Crippen molar-refractivity contribution in [1.82, 2.24) is 13.9 Å². The van der Waals surface area contributed by atoms with Crippen LogP contribution in [0.5, 0.6) is 0 Å². The van der Waals surface area contributed by atoms with E-state index >= 15 is 0 Å². The van der Waals surface area contributed by atoms with E-state index in [0.29, 0.717) is 5.69 Å². The van der Waals surface area contributed by atoms with Gasteiger partial charge in [0, 0.05) is 6.42 Å². The molecule has 2 heterocycles. The molecular weight excluding hydrogens is 302 g/mol. The van der Waals surface area contributed by atoms with Crippen LogP contribution in [-0.4, -0.2) is 13.9 Å². The first-order valence-electron chi connectivity index (χ1n) is 8.04. The molecule has 24 heavy (non-hydrogen) atoms. The van der Waals surface area contributed by atoms with Crippen molar-refractivity contribution in [3.63, 3.8) is 0 Å². The molecule has 1 aromatic heterocycles. The zero-order valence-corrected chi connectivity index (χ0v) is 12.9. The van der Waals surface area contributed by atoms with Crippen LogP contribution in [0.15, 0.2) is 76.3 Å². The molecule has 0 fully saturated rings. The molecule has 5 nitrogen and oxygen atoms in total. The number of hydrogen-bond donors (Lipinski definition) is 0. The van der Waals surface area contributed by atoms with Gasteiger partial charge in [0.15, 0.2) is 0 Å². The number of allylic oxidation sites excluding steroid dienone is 2. The summed E-state index contributed by atoms with van der Waals surface area (Å²) in [6.45, 7) is 0. The lowest BCUT2D eigenvalue weighted by molar-refractivity contribution is 0.512. The van der Waals surface area contributed by atoms with Crippen molar-refractivity contribution < 1.29 is 0 Å². The van der Waals surface area contributed by atoms with E-state index in [9.17, 15) is 9.59 Å². The Morgan fingerprint density at radius 1 is 0.792 bits per heavy atom. The first-order chi connectivity index (χ1) is 11.8. The summed E-state index contributed by atoms with van der Waals surface area (Å²) in [4.78, 5) is 25.7. The monoisotopic (exact) mass is 317 g/mol. The number of aromatic nitrogens is 3. The molecule has 1 aliphatic carbocycles. The van der Waals surface area contributed by atoms with Crippen molar-refractivity contribution in [2.75, 3.05) is 0 Å². The molecule has 0 spiro atoms. The quantitative estimate of drug-likeness (QED) is 0.728. The summed E-state index contributed by atoms with van der Waals surface area (Å²) in [5, 5.41) is 0. The lowest BCUT2D eigenvalue weighted by Gasteiger charge is -2.17. The van der Waals surface area contributed by atoms with Gasteiger partial charge >= 0.3 is 11.4 Å². The maximum absolute atomic E-state index is 12.9. The maximum atomic E-state index is 12.9. The van der Waals surface area contributed by atoms with Crippen molar-refractivity contribution in [1.29, 1.82) is 0 Å². The molecule has 3 aromatic rings. The summed E-state index contributed by atoms with van der Waals surface area (Å²) in [6.07, 6.45) is 2.90. The lowest BCUT2D eigenvalue weighted by atomic mass is 10.0. The van der Waals surface area contributed by atoms with E-state index in [0.717, 1.165) is 17.6 Å². The molecule has 1 aliphatic heterocycles. The molecule has 5 rings (SSSR count). The van der Waals surface area contributed by atoms with Crippen LogP contribution in [0.4, 0.5) is 0 Å². The second-order valence-corrected chi connectivity index (χ2v) is 6.23. The van der Waals surface area contributed by atoms with Crippen molar-refractivity contribution in [2.45, 2.75) is 18.5 Å². The molecule has 2 atom stereocenters. The zero-order chi connectivity index (χ0) is 16.3. The van der Waals surface area contributed by atoms with Gasteiger partial charge in [-0.1, -0.05) is 54.6 Å². The minimum atomic E-state index is -0.264. The molecule has 2 aromatic carbocycles. The van der Waals surface area contributed by atoms with Gasteiger partial charge in [0.05, 0.1) is 17.8 Å². The Morgan fingerprint density at radius 2 is 1.42 bits per heavy atom. The molecule has 2 aliphatic rings. The molecule has 0 radical (unpaired) electrons. The summed E-state index contributed by atoms with van der Waals surface area (Å²) < 4.78 is 4.50.